The second-order valence-corrected chi connectivity index (χ2v) is 7.23. The van der Waals surface area contributed by atoms with E-state index in [1.165, 1.54) is 4.88 Å². The van der Waals surface area contributed by atoms with Crippen molar-refractivity contribution in [2.45, 2.75) is 39.2 Å². The van der Waals surface area contributed by atoms with E-state index in [4.69, 9.17) is 5.11 Å². The predicted octanol–water partition coefficient (Wildman–Crippen LogP) is 3.06. The molecular formula is C13H18BrNO3S. The van der Waals surface area contributed by atoms with Crippen molar-refractivity contribution < 1.29 is 14.7 Å². The summed E-state index contributed by atoms with van der Waals surface area (Å²) in [4.78, 5) is 23.9. The molecule has 1 atom stereocenters. The van der Waals surface area contributed by atoms with Crippen LogP contribution in [-0.4, -0.2) is 23.0 Å². The zero-order valence-electron chi connectivity index (χ0n) is 11.0. The number of aryl methyl sites for hydroxylation is 1. The van der Waals surface area contributed by atoms with Crippen LogP contribution in [0.4, 0.5) is 0 Å². The molecule has 106 valence electrons. The van der Waals surface area contributed by atoms with Crippen molar-refractivity contribution in [2.24, 2.45) is 5.92 Å². The number of amides is 1. The van der Waals surface area contributed by atoms with Crippen LogP contribution in [-0.2, 0) is 16.0 Å². The molecule has 6 heteroatoms. The third kappa shape index (κ3) is 5.74. The third-order valence-electron chi connectivity index (χ3n) is 2.71. The lowest BCUT2D eigenvalue weighted by atomic mass is 10.0. The highest BCUT2D eigenvalue weighted by molar-refractivity contribution is 9.11. The molecule has 0 saturated carbocycles. The second kappa shape index (κ2) is 7.65. The fraction of sp³-hybridized carbons (Fsp3) is 0.538. The topological polar surface area (TPSA) is 66.4 Å². The van der Waals surface area contributed by atoms with Crippen LogP contribution >= 0.6 is 27.3 Å². The number of hydrogen-bond acceptors (Lipinski definition) is 3. The number of carbonyl (C=O) groups is 2. The van der Waals surface area contributed by atoms with Gasteiger partial charge in [-0.2, -0.15) is 0 Å². The fourth-order valence-corrected chi connectivity index (χ4v) is 3.19. The summed E-state index contributed by atoms with van der Waals surface area (Å²) >= 11 is 5.05. The van der Waals surface area contributed by atoms with E-state index in [9.17, 15) is 9.59 Å². The van der Waals surface area contributed by atoms with Crippen molar-refractivity contribution in [3.63, 3.8) is 0 Å². The van der Waals surface area contributed by atoms with Crippen LogP contribution in [0.25, 0.3) is 0 Å². The summed E-state index contributed by atoms with van der Waals surface area (Å²) in [5.74, 6) is -1.29. The highest BCUT2D eigenvalue weighted by Gasteiger charge is 2.22. The Kier molecular flexibility index (Phi) is 6.51. The Hall–Kier alpha value is -0.880. The zero-order valence-corrected chi connectivity index (χ0v) is 13.4. The number of carboxylic acids is 1. The SMILES string of the molecule is CC(C)[C@H](NC(=O)CCCc1ccc(Br)s1)C(=O)O. The largest absolute Gasteiger partial charge is 0.480 e. The summed E-state index contributed by atoms with van der Waals surface area (Å²) in [6.07, 6.45) is 1.92. The zero-order chi connectivity index (χ0) is 14.4. The minimum Gasteiger partial charge on any atom is -0.480 e. The summed E-state index contributed by atoms with van der Waals surface area (Å²) in [5.41, 5.74) is 0. The van der Waals surface area contributed by atoms with Gasteiger partial charge in [-0.25, -0.2) is 4.79 Å². The molecule has 1 rings (SSSR count). The Bertz CT molecular complexity index is 445. The highest BCUT2D eigenvalue weighted by Crippen LogP contribution is 2.23. The minimum absolute atomic E-state index is 0.116. The Morgan fingerprint density at radius 3 is 2.58 bits per heavy atom. The Balaban J connectivity index is 2.33. The fourth-order valence-electron chi connectivity index (χ4n) is 1.67. The molecule has 4 nitrogen and oxygen atoms in total. The number of halogens is 1. The van der Waals surface area contributed by atoms with Crippen LogP contribution in [0.2, 0.25) is 0 Å². The third-order valence-corrected chi connectivity index (χ3v) is 4.39. The number of thiophene rings is 1. The van der Waals surface area contributed by atoms with Crippen molar-refractivity contribution in [1.29, 1.82) is 0 Å². The molecule has 0 aliphatic heterocycles. The molecule has 19 heavy (non-hydrogen) atoms. The quantitative estimate of drug-likeness (QED) is 0.796. The van der Waals surface area contributed by atoms with Crippen molar-refractivity contribution >= 4 is 39.1 Å². The van der Waals surface area contributed by atoms with Crippen molar-refractivity contribution in [2.75, 3.05) is 0 Å². The average molecular weight is 348 g/mol. The number of rotatable bonds is 7. The maximum Gasteiger partial charge on any atom is 0.326 e. The van der Waals surface area contributed by atoms with E-state index in [2.05, 4.69) is 21.2 Å². The maximum atomic E-state index is 11.7. The Morgan fingerprint density at radius 2 is 2.11 bits per heavy atom. The number of nitrogens with one attached hydrogen (secondary N) is 1. The number of carboxylic acid groups (broad SMARTS) is 1. The van der Waals surface area contributed by atoms with Gasteiger partial charge in [0.15, 0.2) is 0 Å². The predicted molar refractivity (Wildman–Crippen MR) is 79.4 cm³/mol. The van der Waals surface area contributed by atoms with Gasteiger partial charge >= 0.3 is 5.97 Å². The van der Waals surface area contributed by atoms with Gasteiger partial charge < -0.3 is 10.4 Å². The molecule has 0 unspecified atom stereocenters. The van der Waals surface area contributed by atoms with Crippen LogP contribution in [0.1, 0.15) is 31.6 Å². The lowest BCUT2D eigenvalue weighted by Gasteiger charge is -2.17. The summed E-state index contributed by atoms with van der Waals surface area (Å²) < 4.78 is 1.08. The second-order valence-electron chi connectivity index (χ2n) is 4.69. The summed E-state index contributed by atoms with van der Waals surface area (Å²) in [6.45, 7) is 3.56. The summed E-state index contributed by atoms with van der Waals surface area (Å²) in [6, 6.07) is 3.21. The molecule has 0 aliphatic rings. The minimum atomic E-state index is -0.981. The van der Waals surface area contributed by atoms with Crippen LogP contribution < -0.4 is 5.32 Å². The smallest absolute Gasteiger partial charge is 0.326 e. The van der Waals surface area contributed by atoms with Gasteiger partial charge in [-0.15, -0.1) is 11.3 Å². The van der Waals surface area contributed by atoms with Gasteiger partial charge in [-0.1, -0.05) is 13.8 Å². The van der Waals surface area contributed by atoms with Crippen LogP contribution in [0.15, 0.2) is 15.9 Å². The van der Waals surface area contributed by atoms with E-state index >= 15 is 0 Å². The molecule has 2 N–H and O–H groups in total. The first-order valence-electron chi connectivity index (χ1n) is 6.16. The van der Waals surface area contributed by atoms with Gasteiger partial charge in [0.2, 0.25) is 5.91 Å². The van der Waals surface area contributed by atoms with Gasteiger partial charge in [0.05, 0.1) is 3.79 Å². The van der Waals surface area contributed by atoms with Crippen LogP contribution in [0.5, 0.6) is 0 Å². The van der Waals surface area contributed by atoms with Gasteiger partial charge in [0.25, 0.3) is 0 Å². The normalized spacial score (nSPS) is 12.4. The van der Waals surface area contributed by atoms with Crippen LogP contribution in [0.3, 0.4) is 0 Å². The van der Waals surface area contributed by atoms with Gasteiger partial charge in [0, 0.05) is 11.3 Å². The molecule has 0 bridgehead atoms. The van der Waals surface area contributed by atoms with Crippen molar-refractivity contribution in [3.05, 3.63) is 20.8 Å². The average Bonchev–Trinajstić information content (AvgIpc) is 2.71. The Morgan fingerprint density at radius 1 is 1.42 bits per heavy atom. The number of aliphatic carboxylic acids is 1. The maximum absolute atomic E-state index is 11.7. The molecule has 0 spiro atoms. The van der Waals surface area contributed by atoms with Gasteiger partial charge in [-0.05, 0) is 46.8 Å². The molecule has 1 amide bonds. The first-order valence-corrected chi connectivity index (χ1v) is 7.77. The van der Waals surface area contributed by atoms with E-state index in [1.54, 1.807) is 25.2 Å². The van der Waals surface area contributed by atoms with E-state index in [-0.39, 0.29) is 11.8 Å². The van der Waals surface area contributed by atoms with Gasteiger partial charge in [0.1, 0.15) is 6.04 Å². The molecule has 0 aromatic carbocycles. The lowest BCUT2D eigenvalue weighted by Crippen LogP contribution is -2.44. The lowest BCUT2D eigenvalue weighted by molar-refractivity contribution is -0.143. The van der Waals surface area contributed by atoms with E-state index < -0.39 is 12.0 Å². The first-order chi connectivity index (χ1) is 8.90. The van der Waals surface area contributed by atoms with Crippen LogP contribution in [0, 0.1) is 5.92 Å². The molecule has 1 heterocycles. The molecule has 1 aromatic rings. The Labute approximate surface area is 125 Å². The number of hydrogen-bond donors (Lipinski definition) is 2. The molecule has 0 aliphatic carbocycles. The molecular weight excluding hydrogens is 330 g/mol. The van der Waals surface area contributed by atoms with Crippen molar-refractivity contribution in [3.8, 4) is 0 Å². The molecule has 0 radical (unpaired) electrons. The molecule has 1 aromatic heterocycles. The molecule has 0 saturated heterocycles. The van der Waals surface area contributed by atoms with E-state index in [1.807, 2.05) is 12.1 Å². The summed E-state index contributed by atoms with van der Waals surface area (Å²) in [7, 11) is 0. The van der Waals surface area contributed by atoms with Crippen molar-refractivity contribution in [1.82, 2.24) is 5.32 Å². The van der Waals surface area contributed by atoms with E-state index in [0.29, 0.717) is 6.42 Å². The summed E-state index contributed by atoms with van der Waals surface area (Å²) in [5, 5.41) is 11.5. The first kappa shape index (κ1) is 16.2. The monoisotopic (exact) mass is 347 g/mol. The standard InChI is InChI=1S/C13H18BrNO3S/c1-8(2)12(13(17)18)15-11(16)5-3-4-9-6-7-10(14)19-9/h6-8,12H,3-5H2,1-2H3,(H,15,16)(H,17,18)/t12-/m0/s1. The highest BCUT2D eigenvalue weighted by atomic mass is 79.9. The van der Waals surface area contributed by atoms with E-state index in [0.717, 1.165) is 16.6 Å². The number of carbonyl (C=O) groups excluding carboxylic acids is 1. The van der Waals surface area contributed by atoms with Gasteiger partial charge in [-0.3, -0.25) is 4.79 Å². The molecule has 0 fully saturated rings.